The molecule has 2 amide bonds. The molecule has 1 aliphatic carbocycles. The van der Waals surface area contributed by atoms with Gasteiger partial charge in [-0.05, 0) is 49.9 Å². The number of H-pyrrole nitrogens is 1. The summed E-state index contributed by atoms with van der Waals surface area (Å²) in [6.07, 6.45) is 5.64. The average molecular weight is 355 g/mol. The molecule has 0 radical (unpaired) electrons. The van der Waals surface area contributed by atoms with Crippen LogP contribution in [0.15, 0.2) is 30.5 Å². The maximum absolute atomic E-state index is 12.6. The molecule has 4 rings (SSSR count). The van der Waals surface area contributed by atoms with Crippen LogP contribution in [0.2, 0.25) is 0 Å². The van der Waals surface area contributed by atoms with Gasteiger partial charge in [0.1, 0.15) is 0 Å². The molecule has 2 N–H and O–H groups in total. The molecule has 6 nitrogen and oxygen atoms in total. The summed E-state index contributed by atoms with van der Waals surface area (Å²) < 4.78 is 5.42. The fourth-order valence-electron chi connectivity index (χ4n) is 3.62. The zero-order valence-electron chi connectivity index (χ0n) is 14.9. The summed E-state index contributed by atoms with van der Waals surface area (Å²) >= 11 is 0. The predicted octanol–water partition coefficient (Wildman–Crippen LogP) is 2.32. The molecule has 1 aromatic carbocycles. The van der Waals surface area contributed by atoms with Crippen LogP contribution in [0.25, 0.3) is 10.9 Å². The number of nitrogens with zero attached hydrogens (tertiary/aromatic N) is 1. The lowest BCUT2D eigenvalue weighted by molar-refractivity contribution is -0.136. The summed E-state index contributed by atoms with van der Waals surface area (Å²) in [6, 6.07) is 7.81. The summed E-state index contributed by atoms with van der Waals surface area (Å²) in [5.74, 6) is 0.350. The lowest BCUT2D eigenvalue weighted by atomic mass is 10.1. The highest BCUT2D eigenvalue weighted by Gasteiger charge is 2.36. The summed E-state index contributed by atoms with van der Waals surface area (Å²) in [5.41, 5.74) is 1.66. The van der Waals surface area contributed by atoms with Crippen LogP contribution < -0.4 is 5.32 Å². The van der Waals surface area contributed by atoms with Crippen LogP contribution in [-0.2, 0) is 9.53 Å². The normalized spacial score (nSPS) is 18.0. The van der Waals surface area contributed by atoms with E-state index in [1.165, 1.54) is 0 Å². The number of carbonyl (C=O) groups is 2. The molecule has 6 heteroatoms. The molecular formula is C20H25N3O3. The third-order valence-corrected chi connectivity index (χ3v) is 5.30. The Hall–Kier alpha value is -2.34. The number of nitrogens with one attached hydrogen (secondary N) is 2. The van der Waals surface area contributed by atoms with Crippen molar-refractivity contribution in [3.05, 3.63) is 36.0 Å². The summed E-state index contributed by atoms with van der Waals surface area (Å²) in [6.45, 7) is 2.46. The minimum Gasteiger partial charge on any atom is -0.381 e. The Labute approximate surface area is 152 Å². The van der Waals surface area contributed by atoms with Crippen molar-refractivity contribution in [2.24, 2.45) is 5.92 Å². The van der Waals surface area contributed by atoms with Crippen molar-refractivity contribution in [1.29, 1.82) is 0 Å². The van der Waals surface area contributed by atoms with Gasteiger partial charge in [-0.3, -0.25) is 9.59 Å². The fraction of sp³-hybridized carbons (Fsp3) is 0.500. The van der Waals surface area contributed by atoms with Crippen LogP contribution in [0.4, 0.5) is 0 Å². The zero-order valence-corrected chi connectivity index (χ0v) is 14.9. The van der Waals surface area contributed by atoms with Crippen molar-refractivity contribution < 1.29 is 14.3 Å². The van der Waals surface area contributed by atoms with Crippen LogP contribution in [0.1, 0.15) is 36.0 Å². The van der Waals surface area contributed by atoms with Crippen LogP contribution in [0.3, 0.4) is 0 Å². The Balaban J connectivity index is 1.35. The Morgan fingerprint density at radius 3 is 2.73 bits per heavy atom. The van der Waals surface area contributed by atoms with Crippen molar-refractivity contribution in [3.63, 3.8) is 0 Å². The first kappa shape index (κ1) is 17.1. The summed E-state index contributed by atoms with van der Waals surface area (Å²) in [4.78, 5) is 30.2. The van der Waals surface area contributed by atoms with Gasteiger partial charge >= 0.3 is 0 Å². The Kier molecular flexibility index (Phi) is 4.93. The van der Waals surface area contributed by atoms with Gasteiger partial charge in [-0.15, -0.1) is 0 Å². The van der Waals surface area contributed by atoms with Gasteiger partial charge in [-0.1, -0.05) is 0 Å². The second-order valence-corrected chi connectivity index (χ2v) is 7.19. The van der Waals surface area contributed by atoms with E-state index in [4.69, 9.17) is 4.74 Å². The summed E-state index contributed by atoms with van der Waals surface area (Å²) in [7, 11) is 0. The van der Waals surface area contributed by atoms with E-state index in [2.05, 4.69) is 10.3 Å². The van der Waals surface area contributed by atoms with Gasteiger partial charge in [0.15, 0.2) is 0 Å². The van der Waals surface area contributed by atoms with Gasteiger partial charge in [0.05, 0.1) is 0 Å². The van der Waals surface area contributed by atoms with Crippen LogP contribution in [-0.4, -0.2) is 54.0 Å². The Morgan fingerprint density at radius 2 is 1.96 bits per heavy atom. The molecule has 2 aromatic rings. The molecule has 0 atom stereocenters. The number of aromatic amines is 1. The molecule has 0 bridgehead atoms. The van der Waals surface area contributed by atoms with Gasteiger partial charge in [0.25, 0.3) is 5.91 Å². The van der Waals surface area contributed by atoms with Crippen LogP contribution in [0.5, 0.6) is 0 Å². The van der Waals surface area contributed by atoms with E-state index in [0.29, 0.717) is 31.9 Å². The smallest absolute Gasteiger partial charge is 0.251 e. The van der Waals surface area contributed by atoms with E-state index >= 15 is 0 Å². The second kappa shape index (κ2) is 7.50. The highest BCUT2D eigenvalue weighted by molar-refractivity contribution is 5.98. The molecule has 1 saturated heterocycles. The third-order valence-electron chi connectivity index (χ3n) is 5.30. The number of rotatable bonds is 6. The number of carbonyl (C=O) groups excluding carboxylic acids is 2. The first-order valence-corrected chi connectivity index (χ1v) is 9.46. The highest BCUT2D eigenvalue weighted by Crippen LogP contribution is 2.32. The van der Waals surface area contributed by atoms with E-state index in [0.717, 1.165) is 36.6 Å². The van der Waals surface area contributed by atoms with Gasteiger partial charge in [-0.2, -0.15) is 0 Å². The quantitative estimate of drug-likeness (QED) is 0.835. The molecule has 2 aliphatic rings. The number of ether oxygens (including phenoxy) is 1. The fourth-order valence-corrected chi connectivity index (χ4v) is 3.62. The number of fused-ring (bicyclic) bond motifs is 1. The van der Waals surface area contributed by atoms with Crippen molar-refractivity contribution in [2.75, 3.05) is 26.3 Å². The number of benzene rings is 1. The van der Waals surface area contributed by atoms with Crippen molar-refractivity contribution in [3.8, 4) is 0 Å². The zero-order chi connectivity index (χ0) is 17.9. The van der Waals surface area contributed by atoms with Crippen molar-refractivity contribution >= 4 is 22.7 Å². The molecule has 138 valence electrons. The molecule has 0 spiro atoms. The monoisotopic (exact) mass is 355 g/mol. The molecule has 0 unspecified atom stereocenters. The first-order valence-electron chi connectivity index (χ1n) is 9.46. The SMILES string of the molecule is O=C(NCCN(C(=O)C1CC1)C1CCOCC1)c1ccc2[nH]ccc2c1. The van der Waals surface area contributed by atoms with E-state index < -0.39 is 0 Å². The maximum atomic E-state index is 12.6. The molecule has 2 heterocycles. The molecule has 2 fully saturated rings. The lowest BCUT2D eigenvalue weighted by Gasteiger charge is -2.34. The van der Waals surface area contributed by atoms with Gasteiger partial charge in [-0.25, -0.2) is 0 Å². The van der Waals surface area contributed by atoms with Crippen LogP contribution in [0, 0.1) is 5.92 Å². The van der Waals surface area contributed by atoms with Gasteiger partial charge < -0.3 is 19.9 Å². The second-order valence-electron chi connectivity index (χ2n) is 7.19. The van der Waals surface area contributed by atoms with Gasteiger partial charge in [0.2, 0.25) is 5.91 Å². The van der Waals surface area contributed by atoms with Crippen molar-refractivity contribution in [1.82, 2.24) is 15.2 Å². The van der Waals surface area contributed by atoms with Crippen molar-refractivity contribution in [2.45, 2.75) is 31.7 Å². The van der Waals surface area contributed by atoms with Gasteiger partial charge in [0, 0.05) is 60.9 Å². The van der Waals surface area contributed by atoms with Crippen LogP contribution >= 0.6 is 0 Å². The number of aromatic nitrogens is 1. The molecule has 1 aromatic heterocycles. The third kappa shape index (κ3) is 3.75. The maximum Gasteiger partial charge on any atom is 0.251 e. The number of amides is 2. The number of hydrogen-bond acceptors (Lipinski definition) is 3. The standard InChI is InChI=1S/C20H25N3O3/c24-19(16-3-4-18-15(13-16)5-8-21-18)22-9-10-23(20(25)14-1-2-14)17-6-11-26-12-7-17/h3-5,8,13-14,17,21H,1-2,6-7,9-12H2,(H,22,24). The highest BCUT2D eigenvalue weighted by atomic mass is 16.5. The molecule has 1 aliphatic heterocycles. The van der Waals surface area contributed by atoms with E-state index in [9.17, 15) is 9.59 Å². The van der Waals surface area contributed by atoms with E-state index in [1.54, 1.807) is 0 Å². The molecular weight excluding hydrogens is 330 g/mol. The van der Waals surface area contributed by atoms with E-state index in [1.807, 2.05) is 35.4 Å². The van der Waals surface area contributed by atoms with E-state index in [-0.39, 0.29) is 23.8 Å². The predicted molar refractivity (Wildman–Crippen MR) is 98.9 cm³/mol. The molecule has 1 saturated carbocycles. The lowest BCUT2D eigenvalue weighted by Crippen LogP contribution is -2.47. The summed E-state index contributed by atoms with van der Waals surface area (Å²) in [5, 5.41) is 3.98. The topological polar surface area (TPSA) is 74.4 Å². The Morgan fingerprint density at radius 1 is 1.15 bits per heavy atom. The molecule has 26 heavy (non-hydrogen) atoms. The number of hydrogen-bond donors (Lipinski definition) is 2. The largest absolute Gasteiger partial charge is 0.381 e. The Bertz CT molecular complexity index is 790. The minimum atomic E-state index is -0.0982. The minimum absolute atomic E-state index is 0.0982. The first-order chi connectivity index (χ1) is 12.7. The average Bonchev–Trinajstić information content (AvgIpc) is 3.42.